The number of carbonyl (C=O) groups excluding carboxylic acids is 2. The van der Waals surface area contributed by atoms with Crippen LogP contribution in [0.5, 0.6) is 0 Å². The molecule has 1 unspecified atom stereocenters. The molecule has 2 aromatic carbocycles. The van der Waals surface area contributed by atoms with Crippen LogP contribution >= 0.6 is 0 Å². The summed E-state index contributed by atoms with van der Waals surface area (Å²) in [5, 5.41) is 2.64. The minimum atomic E-state index is -0.880. The van der Waals surface area contributed by atoms with Crippen LogP contribution < -0.4 is 11.1 Å². The Kier molecular flexibility index (Phi) is 4.89. The molecule has 0 fully saturated rings. The van der Waals surface area contributed by atoms with Crippen molar-refractivity contribution >= 4 is 11.8 Å². The molecule has 2 amide bonds. The van der Waals surface area contributed by atoms with Crippen molar-refractivity contribution in [1.82, 2.24) is 10.3 Å². The fourth-order valence-corrected chi connectivity index (χ4v) is 2.44. The largest absolute Gasteiger partial charge is 0.444 e. The van der Waals surface area contributed by atoms with Gasteiger partial charge in [-0.25, -0.2) is 4.98 Å². The summed E-state index contributed by atoms with van der Waals surface area (Å²) in [4.78, 5) is 28.2. The van der Waals surface area contributed by atoms with Crippen molar-refractivity contribution in [3.8, 4) is 11.5 Å². The molecule has 0 saturated heterocycles. The molecule has 0 spiro atoms. The number of aromatic nitrogens is 1. The number of nitrogens with two attached hydrogens (primary N) is 1. The maximum absolute atomic E-state index is 12.2. The highest BCUT2D eigenvalue weighted by Gasteiger charge is 2.20. The highest BCUT2D eigenvalue weighted by molar-refractivity contribution is 5.88. The second kappa shape index (κ2) is 7.44. The smallest absolute Gasteiger partial charge is 0.244 e. The number of hydrogen-bond donors (Lipinski definition) is 2. The number of nitrogens with zero attached hydrogens (tertiary/aromatic N) is 1. The van der Waals surface area contributed by atoms with Crippen LogP contribution in [-0.2, 0) is 16.0 Å². The summed E-state index contributed by atoms with van der Waals surface area (Å²) in [6.07, 6.45) is 1.43. The van der Waals surface area contributed by atoms with Gasteiger partial charge in [-0.15, -0.1) is 0 Å². The van der Waals surface area contributed by atoms with Gasteiger partial charge in [-0.3, -0.25) is 9.59 Å². The Balaban J connectivity index is 1.68. The van der Waals surface area contributed by atoms with E-state index in [1.807, 2.05) is 36.4 Å². The van der Waals surface area contributed by atoms with E-state index in [0.29, 0.717) is 17.1 Å². The second-order valence-corrected chi connectivity index (χ2v) is 5.50. The van der Waals surface area contributed by atoms with E-state index >= 15 is 0 Å². The maximum Gasteiger partial charge on any atom is 0.244 e. The summed E-state index contributed by atoms with van der Waals surface area (Å²) in [6.45, 7) is 0. The first-order valence-electron chi connectivity index (χ1n) is 7.77. The number of rotatable bonds is 6. The molecule has 0 aliphatic carbocycles. The van der Waals surface area contributed by atoms with Crippen LogP contribution in [-0.4, -0.2) is 16.8 Å². The fraction of sp³-hybridized carbons (Fsp3) is 0.105. The molecule has 1 aromatic heterocycles. The lowest BCUT2D eigenvalue weighted by atomic mass is 10.1. The third kappa shape index (κ3) is 4.11. The molecule has 6 nitrogen and oxygen atoms in total. The summed E-state index contributed by atoms with van der Waals surface area (Å²) in [5.41, 5.74) is 7.34. The van der Waals surface area contributed by atoms with Gasteiger partial charge >= 0.3 is 0 Å². The van der Waals surface area contributed by atoms with Crippen molar-refractivity contribution in [2.75, 3.05) is 0 Å². The molecule has 1 heterocycles. The monoisotopic (exact) mass is 335 g/mol. The number of carbonyl (C=O) groups is 2. The summed E-state index contributed by atoms with van der Waals surface area (Å²) < 4.78 is 5.41. The van der Waals surface area contributed by atoms with Gasteiger partial charge in [0.25, 0.3) is 0 Å². The molecular weight excluding hydrogens is 318 g/mol. The molecule has 0 radical (unpaired) electrons. The van der Waals surface area contributed by atoms with Crippen molar-refractivity contribution in [2.45, 2.75) is 12.5 Å². The van der Waals surface area contributed by atoms with Gasteiger partial charge in [-0.2, -0.15) is 0 Å². The van der Waals surface area contributed by atoms with E-state index in [2.05, 4.69) is 10.3 Å². The van der Waals surface area contributed by atoms with Gasteiger partial charge in [-0.1, -0.05) is 48.5 Å². The number of nitrogens with one attached hydrogen (secondary N) is 1. The molecule has 3 aromatic rings. The average Bonchev–Trinajstić information content (AvgIpc) is 3.09. The van der Waals surface area contributed by atoms with Gasteiger partial charge in [0.15, 0.2) is 0 Å². The number of primary amides is 1. The van der Waals surface area contributed by atoms with Crippen molar-refractivity contribution < 1.29 is 14.0 Å². The van der Waals surface area contributed by atoms with E-state index in [1.165, 1.54) is 6.26 Å². The first kappa shape index (κ1) is 16.4. The number of benzene rings is 2. The maximum atomic E-state index is 12.2. The van der Waals surface area contributed by atoms with Gasteiger partial charge in [0.05, 0.1) is 12.1 Å². The predicted octanol–water partition coefficient (Wildman–Crippen LogP) is 2.23. The van der Waals surface area contributed by atoms with Crippen molar-refractivity contribution in [3.05, 3.63) is 78.2 Å². The van der Waals surface area contributed by atoms with Crippen LogP contribution in [0.1, 0.15) is 17.3 Å². The lowest BCUT2D eigenvalue weighted by molar-refractivity contribution is -0.127. The number of oxazole rings is 1. The minimum absolute atomic E-state index is 0.00700. The van der Waals surface area contributed by atoms with E-state index in [4.69, 9.17) is 10.2 Å². The fourth-order valence-electron chi connectivity index (χ4n) is 2.44. The van der Waals surface area contributed by atoms with Gasteiger partial charge in [0, 0.05) is 5.56 Å². The van der Waals surface area contributed by atoms with Crippen molar-refractivity contribution in [3.63, 3.8) is 0 Å². The number of hydrogen-bond acceptors (Lipinski definition) is 4. The van der Waals surface area contributed by atoms with Crippen LogP contribution in [0, 0.1) is 0 Å². The molecule has 0 aliphatic heterocycles. The average molecular weight is 335 g/mol. The molecule has 0 saturated carbocycles. The lowest BCUT2D eigenvalue weighted by Gasteiger charge is -2.15. The Morgan fingerprint density at radius 2 is 1.68 bits per heavy atom. The Labute approximate surface area is 144 Å². The SMILES string of the molecule is NC(=O)C(NC(=O)Cc1coc(-c2ccccc2)n1)c1ccccc1. The Hall–Kier alpha value is -3.41. The van der Waals surface area contributed by atoms with E-state index in [9.17, 15) is 9.59 Å². The summed E-state index contributed by atoms with van der Waals surface area (Å²) in [7, 11) is 0. The first-order valence-corrected chi connectivity index (χ1v) is 7.77. The van der Waals surface area contributed by atoms with Gasteiger partial charge in [0.1, 0.15) is 12.3 Å². The predicted molar refractivity (Wildman–Crippen MR) is 92.2 cm³/mol. The Morgan fingerprint density at radius 3 is 2.32 bits per heavy atom. The molecule has 0 aliphatic rings. The zero-order valence-electron chi connectivity index (χ0n) is 13.4. The third-order valence-corrected chi connectivity index (χ3v) is 3.64. The van der Waals surface area contributed by atoms with Gasteiger partial charge in [0.2, 0.25) is 17.7 Å². The molecule has 6 heteroatoms. The summed E-state index contributed by atoms with van der Waals surface area (Å²) in [5.74, 6) is -0.539. The van der Waals surface area contributed by atoms with E-state index in [1.54, 1.807) is 24.3 Å². The Morgan fingerprint density at radius 1 is 1.04 bits per heavy atom. The quantitative estimate of drug-likeness (QED) is 0.721. The molecular formula is C19H17N3O3. The normalized spacial score (nSPS) is 11.7. The molecule has 0 bridgehead atoms. The van der Waals surface area contributed by atoms with Crippen LogP contribution in [0.4, 0.5) is 0 Å². The van der Waals surface area contributed by atoms with E-state index in [-0.39, 0.29) is 12.3 Å². The van der Waals surface area contributed by atoms with Crippen molar-refractivity contribution in [1.29, 1.82) is 0 Å². The molecule has 3 rings (SSSR count). The molecule has 25 heavy (non-hydrogen) atoms. The zero-order valence-corrected chi connectivity index (χ0v) is 13.4. The second-order valence-electron chi connectivity index (χ2n) is 5.50. The molecule has 126 valence electrons. The number of amides is 2. The van der Waals surface area contributed by atoms with Crippen molar-refractivity contribution in [2.24, 2.45) is 5.73 Å². The first-order chi connectivity index (χ1) is 12.1. The molecule has 1 atom stereocenters. The van der Waals surface area contributed by atoms with E-state index < -0.39 is 11.9 Å². The summed E-state index contributed by atoms with van der Waals surface area (Å²) >= 11 is 0. The highest BCUT2D eigenvalue weighted by atomic mass is 16.3. The standard InChI is InChI=1S/C19H17N3O3/c20-18(24)17(13-7-3-1-4-8-13)22-16(23)11-15-12-25-19(21-15)14-9-5-2-6-10-14/h1-10,12,17H,11H2,(H2,20,24)(H,22,23). The van der Waals surface area contributed by atoms with Crippen LogP contribution in [0.2, 0.25) is 0 Å². The highest BCUT2D eigenvalue weighted by Crippen LogP contribution is 2.18. The van der Waals surface area contributed by atoms with Crippen LogP contribution in [0.3, 0.4) is 0 Å². The van der Waals surface area contributed by atoms with E-state index in [0.717, 1.165) is 5.56 Å². The lowest BCUT2D eigenvalue weighted by Crippen LogP contribution is -2.38. The zero-order chi connectivity index (χ0) is 17.6. The summed E-state index contributed by atoms with van der Waals surface area (Å²) in [6, 6.07) is 17.4. The van der Waals surface area contributed by atoms with Crippen LogP contribution in [0.15, 0.2) is 71.3 Å². The van der Waals surface area contributed by atoms with Crippen LogP contribution in [0.25, 0.3) is 11.5 Å². The van der Waals surface area contributed by atoms with Gasteiger partial charge < -0.3 is 15.5 Å². The minimum Gasteiger partial charge on any atom is -0.444 e. The molecule has 3 N–H and O–H groups in total. The Bertz CT molecular complexity index is 860. The third-order valence-electron chi connectivity index (χ3n) is 3.64. The van der Waals surface area contributed by atoms with Gasteiger partial charge in [-0.05, 0) is 17.7 Å². The topological polar surface area (TPSA) is 98.2 Å².